The van der Waals surface area contributed by atoms with Crippen LogP contribution in [-0.4, -0.2) is 17.2 Å². The van der Waals surface area contributed by atoms with Gasteiger partial charge in [0.1, 0.15) is 5.75 Å². The van der Waals surface area contributed by atoms with Gasteiger partial charge in [0.05, 0.1) is 12.6 Å². The Bertz CT molecular complexity index is 607. The molecule has 2 N–H and O–H groups in total. The normalized spacial score (nSPS) is 10.7. The number of aromatic hydroxyl groups is 1. The zero-order valence-electron chi connectivity index (χ0n) is 10.6. The van der Waals surface area contributed by atoms with E-state index in [0.29, 0.717) is 5.02 Å². The SMILES string of the molecule is O=C(Cc1ccc(Cl)cc1)N/N=C/c1ccc(O)cc1. The maximum absolute atomic E-state index is 11.6. The Morgan fingerprint density at radius 3 is 2.45 bits per heavy atom. The van der Waals surface area contributed by atoms with Crippen LogP contribution >= 0.6 is 11.6 Å². The second-order valence-electron chi connectivity index (χ2n) is 4.19. The van der Waals surface area contributed by atoms with Crippen molar-refractivity contribution < 1.29 is 9.90 Å². The van der Waals surface area contributed by atoms with Gasteiger partial charge in [-0.2, -0.15) is 5.10 Å². The van der Waals surface area contributed by atoms with Crippen LogP contribution in [0.2, 0.25) is 5.02 Å². The molecular formula is C15H13ClN2O2. The van der Waals surface area contributed by atoms with Crippen molar-refractivity contribution in [3.05, 3.63) is 64.7 Å². The Labute approximate surface area is 121 Å². The number of carbonyl (C=O) groups is 1. The van der Waals surface area contributed by atoms with E-state index in [1.54, 1.807) is 48.5 Å². The lowest BCUT2D eigenvalue weighted by molar-refractivity contribution is -0.120. The summed E-state index contributed by atoms with van der Waals surface area (Å²) in [5.74, 6) is -0.0173. The summed E-state index contributed by atoms with van der Waals surface area (Å²) in [7, 11) is 0. The molecule has 0 fully saturated rings. The molecule has 0 spiro atoms. The molecule has 102 valence electrons. The summed E-state index contributed by atoms with van der Waals surface area (Å²) in [6.45, 7) is 0. The van der Waals surface area contributed by atoms with Crippen LogP contribution in [0.3, 0.4) is 0 Å². The average Bonchev–Trinajstić information content (AvgIpc) is 2.44. The topological polar surface area (TPSA) is 61.7 Å². The summed E-state index contributed by atoms with van der Waals surface area (Å²) < 4.78 is 0. The molecule has 0 unspecified atom stereocenters. The maximum atomic E-state index is 11.6. The van der Waals surface area contributed by atoms with Gasteiger partial charge in [-0.05, 0) is 47.5 Å². The molecule has 0 radical (unpaired) electrons. The molecule has 4 nitrogen and oxygen atoms in total. The highest BCUT2D eigenvalue weighted by molar-refractivity contribution is 6.30. The van der Waals surface area contributed by atoms with E-state index in [1.165, 1.54) is 6.21 Å². The predicted molar refractivity (Wildman–Crippen MR) is 79.0 cm³/mol. The third-order valence-corrected chi connectivity index (χ3v) is 2.83. The summed E-state index contributed by atoms with van der Waals surface area (Å²) in [6, 6.07) is 13.6. The van der Waals surface area contributed by atoms with Gasteiger partial charge in [0.25, 0.3) is 0 Å². The quantitative estimate of drug-likeness (QED) is 0.671. The lowest BCUT2D eigenvalue weighted by atomic mass is 10.1. The predicted octanol–water partition coefficient (Wildman–Crippen LogP) is 2.74. The van der Waals surface area contributed by atoms with E-state index in [-0.39, 0.29) is 18.1 Å². The molecule has 0 saturated carbocycles. The Morgan fingerprint density at radius 2 is 1.80 bits per heavy atom. The van der Waals surface area contributed by atoms with E-state index in [2.05, 4.69) is 10.5 Å². The van der Waals surface area contributed by atoms with Crippen LogP contribution < -0.4 is 5.43 Å². The van der Waals surface area contributed by atoms with Crippen molar-refractivity contribution in [2.45, 2.75) is 6.42 Å². The molecule has 5 heteroatoms. The van der Waals surface area contributed by atoms with Crippen LogP contribution in [0.15, 0.2) is 53.6 Å². The fraction of sp³-hybridized carbons (Fsp3) is 0.0667. The van der Waals surface area contributed by atoms with Gasteiger partial charge in [0, 0.05) is 5.02 Å². The molecule has 0 bridgehead atoms. The summed E-state index contributed by atoms with van der Waals surface area (Å²) in [5, 5.41) is 13.6. The number of nitrogens with zero attached hydrogens (tertiary/aromatic N) is 1. The molecule has 2 rings (SSSR count). The minimum atomic E-state index is -0.206. The smallest absolute Gasteiger partial charge is 0.244 e. The van der Waals surface area contributed by atoms with Crippen LogP contribution in [0, 0.1) is 0 Å². The number of nitrogens with one attached hydrogen (secondary N) is 1. The second-order valence-corrected chi connectivity index (χ2v) is 4.62. The van der Waals surface area contributed by atoms with E-state index in [9.17, 15) is 4.79 Å². The van der Waals surface area contributed by atoms with Crippen molar-refractivity contribution in [2.24, 2.45) is 5.10 Å². The lowest BCUT2D eigenvalue weighted by Gasteiger charge is -2.00. The number of amides is 1. The first-order chi connectivity index (χ1) is 9.63. The first-order valence-electron chi connectivity index (χ1n) is 5.99. The van der Waals surface area contributed by atoms with Crippen LogP contribution in [0.4, 0.5) is 0 Å². The first-order valence-corrected chi connectivity index (χ1v) is 6.36. The minimum absolute atomic E-state index is 0.189. The van der Waals surface area contributed by atoms with E-state index in [0.717, 1.165) is 11.1 Å². The Hall–Kier alpha value is -2.33. The molecule has 2 aromatic rings. The fourth-order valence-corrected chi connectivity index (χ4v) is 1.69. The van der Waals surface area contributed by atoms with Crippen molar-refractivity contribution in [2.75, 3.05) is 0 Å². The van der Waals surface area contributed by atoms with Crippen LogP contribution in [-0.2, 0) is 11.2 Å². The standard InChI is InChI=1S/C15H13ClN2O2/c16-13-5-1-11(2-6-13)9-15(20)18-17-10-12-3-7-14(19)8-4-12/h1-8,10,19H,9H2,(H,18,20)/b17-10+. The number of hydrazone groups is 1. The van der Waals surface area contributed by atoms with Gasteiger partial charge in [-0.3, -0.25) is 4.79 Å². The van der Waals surface area contributed by atoms with Gasteiger partial charge >= 0.3 is 0 Å². The molecule has 1 amide bonds. The Kier molecular flexibility index (Phi) is 4.74. The average molecular weight is 289 g/mol. The van der Waals surface area contributed by atoms with Gasteiger partial charge < -0.3 is 5.11 Å². The molecule has 0 aliphatic carbocycles. The second kappa shape index (κ2) is 6.73. The summed E-state index contributed by atoms with van der Waals surface area (Å²) in [4.78, 5) is 11.6. The third-order valence-electron chi connectivity index (χ3n) is 2.57. The highest BCUT2D eigenvalue weighted by Crippen LogP contribution is 2.10. The zero-order chi connectivity index (χ0) is 14.4. The molecule has 0 aliphatic rings. The van der Waals surface area contributed by atoms with E-state index in [1.807, 2.05) is 0 Å². The molecule has 0 atom stereocenters. The molecule has 0 aromatic heterocycles. The van der Waals surface area contributed by atoms with Crippen LogP contribution in [0.1, 0.15) is 11.1 Å². The fourth-order valence-electron chi connectivity index (χ4n) is 1.57. The van der Waals surface area contributed by atoms with Gasteiger partial charge in [0.15, 0.2) is 0 Å². The number of hydrogen-bond acceptors (Lipinski definition) is 3. The van der Waals surface area contributed by atoms with E-state index >= 15 is 0 Å². The van der Waals surface area contributed by atoms with Crippen molar-refractivity contribution in [3.63, 3.8) is 0 Å². The largest absolute Gasteiger partial charge is 0.508 e. The number of rotatable bonds is 4. The van der Waals surface area contributed by atoms with Gasteiger partial charge in [0.2, 0.25) is 5.91 Å². The van der Waals surface area contributed by atoms with E-state index < -0.39 is 0 Å². The van der Waals surface area contributed by atoms with Gasteiger partial charge in [-0.15, -0.1) is 0 Å². The van der Waals surface area contributed by atoms with Crippen molar-refractivity contribution in [1.82, 2.24) is 5.43 Å². The minimum Gasteiger partial charge on any atom is -0.508 e. The Morgan fingerprint density at radius 1 is 1.15 bits per heavy atom. The summed E-state index contributed by atoms with van der Waals surface area (Å²) >= 11 is 5.77. The number of benzene rings is 2. The number of carbonyl (C=O) groups excluding carboxylic acids is 1. The summed E-state index contributed by atoms with van der Waals surface area (Å²) in [5.41, 5.74) is 4.10. The van der Waals surface area contributed by atoms with Gasteiger partial charge in [-0.25, -0.2) is 5.43 Å². The zero-order valence-corrected chi connectivity index (χ0v) is 11.3. The number of phenolic OH excluding ortho intramolecular Hbond substituents is 1. The van der Waals surface area contributed by atoms with Crippen molar-refractivity contribution in [3.8, 4) is 5.75 Å². The van der Waals surface area contributed by atoms with Gasteiger partial charge in [-0.1, -0.05) is 23.7 Å². The van der Waals surface area contributed by atoms with E-state index in [4.69, 9.17) is 16.7 Å². The molecule has 0 aliphatic heterocycles. The molecule has 0 saturated heterocycles. The lowest BCUT2D eigenvalue weighted by Crippen LogP contribution is -2.19. The highest BCUT2D eigenvalue weighted by Gasteiger charge is 2.01. The van der Waals surface area contributed by atoms with Crippen molar-refractivity contribution >= 4 is 23.7 Å². The van der Waals surface area contributed by atoms with Crippen LogP contribution in [0.25, 0.3) is 0 Å². The molecule has 20 heavy (non-hydrogen) atoms. The monoisotopic (exact) mass is 288 g/mol. The van der Waals surface area contributed by atoms with Crippen LogP contribution in [0.5, 0.6) is 5.75 Å². The maximum Gasteiger partial charge on any atom is 0.244 e. The number of hydrogen-bond donors (Lipinski definition) is 2. The summed E-state index contributed by atoms with van der Waals surface area (Å²) in [6.07, 6.45) is 1.75. The number of phenols is 1. The molecular weight excluding hydrogens is 276 g/mol. The Balaban J connectivity index is 1.85. The molecule has 0 heterocycles. The highest BCUT2D eigenvalue weighted by atomic mass is 35.5. The molecule has 2 aromatic carbocycles. The number of halogens is 1. The van der Waals surface area contributed by atoms with Crippen molar-refractivity contribution in [1.29, 1.82) is 0 Å². The third kappa shape index (κ3) is 4.40. The first kappa shape index (κ1) is 14.1.